The van der Waals surface area contributed by atoms with Crippen molar-refractivity contribution in [3.63, 3.8) is 0 Å². The quantitative estimate of drug-likeness (QED) is 0.849. The molecule has 0 aliphatic carbocycles. The van der Waals surface area contributed by atoms with E-state index in [1.54, 1.807) is 6.92 Å². The maximum absolute atomic E-state index is 11.6. The number of nitrogens with one attached hydrogen (secondary N) is 1. The molecular weight excluding hydrogens is 330 g/mol. The topological polar surface area (TPSA) is 81.6 Å². The Bertz CT molecular complexity index is 740. The molecule has 0 bridgehead atoms. The maximum atomic E-state index is 11.6. The number of hydrogen-bond donors (Lipinski definition) is 2. The number of amides is 1. The monoisotopic (exact) mass is 355 g/mol. The van der Waals surface area contributed by atoms with Crippen LogP contribution in [-0.4, -0.2) is 58.1 Å². The van der Waals surface area contributed by atoms with Crippen LogP contribution in [-0.2, 0) is 4.79 Å². The molecule has 7 heteroatoms. The van der Waals surface area contributed by atoms with Crippen molar-refractivity contribution >= 4 is 17.5 Å². The van der Waals surface area contributed by atoms with E-state index in [0.717, 1.165) is 24.5 Å². The Kier molecular flexibility index (Phi) is 5.68. The van der Waals surface area contributed by atoms with Crippen molar-refractivity contribution in [2.24, 2.45) is 0 Å². The fourth-order valence-corrected chi connectivity index (χ4v) is 3.24. The number of aliphatic hydroxyl groups excluding tert-OH is 1. The van der Waals surface area contributed by atoms with Gasteiger partial charge in [0.05, 0.1) is 6.10 Å². The number of rotatable bonds is 5. The average Bonchev–Trinajstić information content (AvgIpc) is 2.66. The van der Waals surface area contributed by atoms with Gasteiger partial charge in [-0.1, -0.05) is 30.3 Å². The van der Waals surface area contributed by atoms with Crippen LogP contribution in [0.15, 0.2) is 42.7 Å². The summed E-state index contributed by atoms with van der Waals surface area (Å²) in [7, 11) is 0. The van der Waals surface area contributed by atoms with Gasteiger partial charge in [0, 0.05) is 45.2 Å². The van der Waals surface area contributed by atoms with Gasteiger partial charge in [0.25, 0.3) is 0 Å². The van der Waals surface area contributed by atoms with Gasteiger partial charge in [0.2, 0.25) is 5.91 Å². The Morgan fingerprint density at radius 3 is 2.77 bits per heavy atom. The number of carbonyl (C=O) groups is 1. The third-order valence-electron chi connectivity index (χ3n) is 4.67. The number of benzene rings is 1. The minimum absolute atomic E-state index is 0.108. The zero-order chi connectivity index (χ0) is 18.5. The second-order valence-corrected chi connectivity index (χ2v) is 6.58. The SMILES string of the molecule is CC(=O)N1CCN(c2cc(NCC(O)c3ccccc3)ncn2)CC1C. The molecule has 2 aromatic rings. The third kappa shape index (κ3) is 4.29. The summed E-state index contributed by atoms with van der Waals surface area (Å²) >= 11 is 0. The molecule has 26 heavy (non-hydrogen) atoms. The molecule has 138 valence electrons. The minimum atomic E-state index is -0.603. The summed E-state index contributed by atoms with van der Waals surface area (Å²) in [5.74, 6) is 1.61. The summed E-state index contributed by atoms with van der Waals surface area (Å²) in [6.07, 6.45) is 0.919. The van der Waals surface area contributed by atoms with Gasteiger partial charge >= 0.3 is 0 Å². The highest BCUT2D eigenvalue weighted by atomic mass is 16.3. The van der Waals surface area contributed by atoms with Crippen LogP contribution < -0.4 is 10.2 Å². The van der Waals surface area contributed by atoms with Crippen LogP contribution >= 0.6 is 0 Å². The first kappa shape index (κ1) is 18.1. The molecule has 2 atom stereocenters. The lowest BCUT2D eigenvalue weighted by molar-refractivity contribution is -0.131. The molecule has 2 heterocycles. The fourth-order valence-electron chi connectivity index (χ4n) is 3.24. The Hall–Kier alpha value is -2.67. The molecule has 1 fully saturated rings. The summed E-state index contributed by atoms with van der Waals surface area (Å²) in [5.41, 5.74) is 0.864. The van der Waals surface area contributed by atoms with Crippen LogP contribution in [0.4, 0.5) is 11.6 Å². The molecule has 1 aliphatic heterocycles. The zero-order valence-corrected chi connectivity index (χ0v) is 15.2. The molecule has 2 unspecified atom stereocenters. The van der Waals surface area contributed by atoms with Crippen molar-refractivity contribution < 1.29 is 9.90 Å². The molecule has 3 rings (SSSR count). The van der Waals surface area contributed by atoms with Crippen LogP contribution in [0.2, 0.25) is 0 Å². The first-order chi connectivity index (χ1) is 12.5. The normalized spacial score (nSPS) is 18.5. The highest BCUT2D eigenvalue weighted by Crippen LogP contribution is 2.20. The van der Waals surface area contributed by atoms with Crippen molar-refractivity contribution in [2.45, 2.75) is 26.0 Å². The molecule has 0 saturated carbocycles. The van der Waals surface area contributed by atoms with Crippen molar-refractivity contribution in [3.8, 4) is 0 Å². The molecule has 1 amide bonds. The maximum Gasteiger partial charge on any atom is 0.219 e. The number of carbonyl (C=O) groups excluding carboxylic acids is 1. The van der Waals surface area contributed by atoms with Crippen LogP contribution in [0.1, 0.15) is 25.5 Å². The van der Waals surface area contributed by atoms with E-state index in [1.807, 2.05) is 48.2 Å². The first-order valence-electron chi connectivity index (χ1n) is 8.85. The Morgan fingerprint density at radius 1 is 1.31 bits per heavy atom. The van der Waals surface area contributed by atoms with Gasteiger partial charge in [-0.15, -0.1) is 0 Å². The van der Waals surface area contributed by atoms with E-state index in [9.17, 15) is 9.90 Å². The van der Waals surface area contributed by atoms with Crippen LogP contribution in [0.3, 0.4) is 0 Å². The molecule has 1 aromatic carbocycles. The van der Waals surface area contributed by atoms with Gasteiger partial charge in [-0.3, -0.25) is 4.79 Å². The summed E-state index contributed by atoms with van der Waals surface area (Å²) in [4.78, 5) is 24.3. The zero-order valence-electron chi connectivity index (χ0n) is 15.2. The second kappa shape index (κ2) is 8.14. The number of nitrogens with zero attached hydrogens (tertiary/aromatic N) is 4. The smallest absolute Gasteiger partial charge is 0.219 e. The molecular formula is C19H25N5O2. The van der Waals surface area contributed by atoms with E-state index in [1.165, 1.54) is 6.33 Å². The summed E-state index contributed by atoms with van der Waals surface area (Å²) < 4.78 is 0. The highest BCUT2D eigenvalue weighted by Gasteiger charge is 2.26. The van der Waals surface area contributed by atoms with E-state index in [4.69, 9.17) is 0 Å². The Morgan fingerprint density at radius 2 is 2.08 bits per heavy atom. The van der Waals surface area contributed by atoms with Gasteiger partial charge in [0.1, 0.15) is 18.0 Å². The molecule has 0 radical (unpaired) electrons. The lowest BCUT2D eigenvalue weighted by Gasteiger charge is -2.40. The van der Waals surface area contributed by atoms with Gasteiger partial charge in [0.15, 0.2) is 0 Å². The minimum Gasteiger partial charge on any atom is -0.387 e. The third-order valence-corrected chi connectivity index (χ3v) is 4.67. The Balaban J connectivity index is 1.61. The number of anilines is 2. The van der Waals surface area contributed by atoms with Crippen molar-refractivity contribution in [3.05, 3.63) is 48.3 Å². The van der Waals surface area contributed by atoms with Crippen LogP contribution in [0.5, 0.6) is 0 Å². The predicted molar refractivity (Wildman–Crippen MR) is 101 cm³/mol. The van der Waals surface area contributed by atoms with Crippen molar-refractivity contribution in [1.29, 1.82) is 0 Å². The standard InChI is InChI=1S/C19H25N5O2/c1-14-12-23(8-9-24(14)15(2)25)19-10-18(21-13-22-19)20-11-17(26)16-6-4-3-5-7-16/h3-7,10,13-14,17,26H,8-9,11-12H2,1-2H3,(H,20,21,22). The molecule has 1 aliphatic rings. The fraction of sp³-hybridized carbons (Fsp3) is 0.421. The highest BCUT2D eigenvalue weighted by molar-refractivity contribution is 5.74. The lowest BCUT2D eigenvalue weighted by Crippen LogP contribution is -2.53. The van der Waals surface area contributed by atoms with Crippen molar-refractivity contribution in [1.82, 2.24) is 14.9 Å². The average molecular weight is 355 g/mol. The molecule has 7 nitrogen and oxygen atoms in total. The van der Waals surface area contributed by atoms with Crippen LogP contribution in [0.25, 0.3) is 0 Å². The summed E-state index contributed by atoms with van der Waals surface area (Å²) in [6.45, 7) is 6.20. The largest absolute Gasteiger partial charge is 0.387 e. The van der Waals surface area contributed by atoms with E-state index in [0.29, 0.717) is 18.9 Å². The molecule has 1 aromatic heterocycles. The Labute approximate surface area is 153 Å². The van der Waals surface area contributed by atoms with Crippen molar-refractivity contribution in [2.75, 3.05) is 36.4 Å². The lowest BCUT2D eigenvalue weighted by atomic mass is 10.1. The molecule has 2 N–H and O–H groups in total. The number of aliphatic hydroxyl groups is 1. The van der Waals surface area contributed by atoms with Gasteiger partial charge in [-0.2, -0.15) is 0 Å². The number of piperazine rings is 1. The van der Waals surface area contributed by atoms with E-state index >= 15 is 0 Å². The predicted octanol–water partition coefficient (Wildman–Crippen LogP) is 1.68. The van der Waals surface area contributed by atoms with Crippen LogP contribution in [0, 0.1) is 0 Å². The van der Waals surface area contributed by atoms with Gasteiger partial charge < -0.3 is 20.2 Å². The first-order valence-corrected chi connectivity index (χ1v) is 8.85. The molecule has 0 spiro atoms. The van der Waals surface area contributed by atoms with E-state index in [-0.39, 0.29) is 11.9 Å². The summed E-state index contributed by atoms with van der Waals surface area (Å²) in [6, 6.07) is 11.6. The van der Waals surface area contributed by atoms with E-state index in [2.05, 4.69) is 20.2 Å². The van der Waals surface area contributed by atoms with E-state index < -0.39 is 6.10 Å². The second-order valence-electron chi connectivity index (χ2n) is 6.58. The number of hydrogen-bond acceptors (Lipinski definition) is 6. The van der Waals surface area contributed by atoms with Gasteiger partial charge in [-0.25, -0.2) is 9.97 Å². The van der Waals surface area contributed by atoms with Gasteiger partial charge in [-0.05, 0) is 12.5 Å². The number of aromatic nitrogens is 2. The molecule has 1 saturated heterocycles. The summed E-state index contributed by atoms with van der Waals surface area (Å²) in [5, 5.41) is 13.4.